The molecular formula is C12H12ClNO3. The van der Waals surface area contributed by atoms with Crippen LogP contribution >= 0.6 is 11.6 Å². The number of hydrogen-bond acceptors (Lipinski definition) is 2. The van der Waals surface area contributed by atoms with Crippen molar-refractivity contribution in [2.75, 3.05) is 11.4 Å². The second-order valence-corrected chi connectivity index (χ2v) is 4.51. The fourth-order valence-electron chi connectivity index (χ4n) is 1.60. The molecule has 1 aliphatic carbocycles. The van der Waals surface area contributed by atoms with Gasteiger partial charge in [-0.25, -0.2) is 0 Å². The van der Waals surface area contributed by atoms with Crippen LogP contribution in [-0.2, 0) is 9.59 Å². The number of carbonyl (C=O) groups is 2. The molecule has 4 nitrogen and oxygen atoms in total. The van der Waals surface area contributed by atoms with Gasteiger partial charge in [0.15, 0.2) is 0 Å². The molecule has 0 atom stereocenters. The van der Waals surface area contributed by atoms with E-state index < -0.39 is 5.97 Å². The summed E-state index contributed by atoms with van der Waals surface area (Å²) in [5, 5.41) is 9.39. The van der Waals surface area contributed by atoms with Crippen LogP contribution in [0.2, 0.25) is 5.02 Å². The molecule has 0 aliphatic heterocycles. The molecule has 5 heteroatoms. The summed E-state index contributed by atoms with van der Waals surface area (Å²) in [5.74, 6) is -1.14. The Morgan fingerprint density at radius 2 is 1.88 bits per heavy atom. The minimum Gasteiger partial charge on any atom is -0.480 e. The highest BCUT2D eigenvalue weighted by Crippen LogP contribution is 2.32. The molecule has 0 radical (unpaired) electrons. The van der Waals surface area contributed by atoms with Gasteiger partial charge in [-0.1, -0.05) is 11.6 Å². The minimum absolute atomic E-state index is 0.00923. The normalized spacial score (nSPS) is 14.4. The van der Waals surface area contributed by atoms with Crippen LogP contribution in [0.5, 0.6) is 0 Å². The third-order valence-electron chi connectivity index (χ3n) is 2.62. The Bertz CT molecular complexity index is 440. The van der Waals surface area contributed by atoms with Crippen molar-refractivity contribution in [2.24, 2.45) is 5.92 Å². The van der Waals surface area contributed by atoms with Crippen LogP contribution in [0.15, 0.2) is 24.3 Å². The number of carboxylic acids is 1. The molecular weight excluding hydrogens is 242 g/mol. The van der Waals surface area contributed by atoms with Gasteiger partial charge < -0.3 is 10.0 Å². The third kappa shape index (κ3) is 2.97. The zero-order valence-corrected chi connectivity index (χ0v) is 9.85. The maximum absolute atomic E-state index is 12.0. The van der Waals surface area contributed by atoms with E-state index in [4.69, 9.17) is 16.7 Å². The maximum atomic E-state index is 12.0. The molecule has 17 heavy (non-hydrogen) atoms. The van der Waals surface area contributed by atoms with Gasteiger partial charge in [-0.15, -0.1) is 0 Å². The number of carboxylic acid groups (broad SMARTS) is 1. The molecule has 90 valence electrons. The molecule has 1 aromatic rings. The minimum atomic E-state index is -1.02. The van der Waals surface area contributed by atoms with Crippen molar-refractivity contribution in [1.29, 1.82) is 0 Å². The van der Waals surface area contributed by atoms with Gasteiger partial charge in [-0.3, -0.25) is 9.59 Å². The van der Waals surface area contributed by atoms with Crippen molar-refractivity contribution in [3.8, 4) is 0 Å². The zero-order valence-electron chi connectivity index (χ0n) is 9.10. The molecule has 0 aromatic heterocycles. The number of benzene rings is 1. The molecule has 1 fully saturated rings. The Balaban J connectivity index is 2.22. The first-order valence-electron chi connectivity index (χ1n) is 5.36. The summed E-state index contributed by atoms with van der Waals surface area (Å²) in [6.07, 6.45) is 1.70. The first kappa shape index (κ1) is 11.9. The van der Waals surface area contributed by atoms with Crippen LogP contribution in [0.4, 0.5) is 5.69 Å². The van der Waals surface area contributed by atoms with Crippen molar-refractivity contribution in [2.45, 2.75) is 12.8 Å². The Morgan fingerprint density at radius 3 is 2.35 bits per heavy atom. The molecule has 0 saturated heterocycles. The molecule has 2 rings (SSSR count). The summed E-state index contributed by atoms with van der Waals surface area (Å²) >= 11 is 5.76. The van der Waals surface area contributed by atoms with Crippen LogP contribution in [0.25, 0.3) is 0 Å². The van der Waals surface area contributed by atoms with Crippen molar-refractivity contribution < 1.29 is 14.7 Å². The lowest BCUT2D eigenvalue weighted by Crippen LogP contribution is -2.36. The first-order valence-corrected chi connectivity index (χ1v) is 5.74. The zero-order chi connectivity index (χ0) is 12.4. The van der Waals surface area contributed by atoms with Crippen molar-refractivity contribution in [1.82, 2.24) is 0 Å². The molecule has 0 unspecified atom stereocenters. The van der Waals surface area contributed by atoms with Crippen LogP contribution in [0.1, 0.15) is 12.8 Å². The summed E-state index contributed by atoms with van der Waals surface area (Å²) < 4.78 is 0. The van der Waals surface area contributed by atoms with E-state index in [0.717, 1.165) is 12.8 Å². The van der Waals surface area contributed by atoms with Gasteiger partial charge in [0, 0.05) is 16.6 Å². The molecule has 1 aromatic carbocycles. The monoisotopic (exact) mass is 253 g/mol. The highest BCUT2D eigenvalue weighted by atomic mass is 35.5. The van der Waals surface area contributed by atoms with E-state index >= 15 is 0 Å². The lowest BCUT2D eigenvalue weighted by Gasteiger charge is -2.20. The molecule has 0 heterocycles. The summed E-state index contributed by atoms with van der Waals surface area (Å²) in [6.45, 7) is -0.309. The standard InChI is InChI=1S/C12H12ClNO3/c13-9-3-5-10(6-4-9)14(7-11(15)16)12(17)8-1-2-8/h3-6,8H,1-2,7H2,(H,15,16). The fraction of sp³-hybridized carbons (Fsp3) is 0.333. The number of halogens is 1. The second kappa shape index (κ2) is 4.75. The molecule has 1 N–H and O–H groups in total. The average molecular weight is 254 g/mol. The van der Waals surface area contributed by atoms with Gasteiger partial charge in [-0.05, 0) is 37.1 Å². The van der Waals surface area contributed by atoms with Crippen LogP contribution < -0.4 is 4.90 Å². The molecule has 0 bridgehead atoms. The third-order valence-corrected chi connectivity index (χ3v) is 2.88. The number of carbonyl (C=O) groups excluding carboxylic acids is 1. The highest BCUT2D eigenvalue weighted by molar-refractivity contribution is 6.30. The number of nitrogens with zero attached hydrogens (tertiary/aromatic N) is 1. The van der Waals surface area contributed by atoms with Gasteiger partial charge >= 0.3 is 5.97 Å². The molecule has 1 amide bonds. The van der Waals surface area contributed by atoms with E-state index in [1.54, 1.807) is 24.3 Å². The van der Waals surface area contributed by atoms with Crippen molar-refractivity contribution in [3.63, 3.8) is 0 Å². The molecule has 1 aliphatic rings. The van der Waals surface area contributed by atoms with Gasteiger partial charge in [0.05, 0.1) is 0 Å². The van der Waals surface area contributed by atoms with E-state index in [0.29, 0.717) is 10.7 Å². The predicted octanol–water partition coefficient (Wildman–Crippen LogP) is 2.17. The largest absolute Gasteiger partial charge is 0.480 e. The lowest BCUT2D eigenvalue weighted by atomic mass is 10.2. The summed E-state index contributed by atoms with van der Waals surface area (Å²) in [5.41, 5.74) is 0.578. The van der Waals surface area contributed by atoms with E-state index in [1.165, 1.54) is 4.90 Å². The van der Waals surface area contributed by atoms with Gasteiger partial charge in [-0.2, -0.15) is 0 Å². The average Bonchev–Trinajstić information content (AvgIpc) is 3.10. The number of amides is 1. The van der Waals surface area contributed by atoms with E-state index in [-0.39, 0.29) is 18.4 Å². The van der Waals surface area contributed by atoms with E-state index in [2.05, 4.69) is 0 Å². The van der Waals surface area contributed by atoms with E-state index in [9.17, 15) is 9.59 Å². The van der Waals surface area contributed by atoms with Crippen molar-refractivity contribution >= 4 is 29.2 Å². The summed E-state index contributed by atoms with van der Waals surface area (Å²) in [7, 11) is 0. The number of anilines is 1. The Labute approximate surface area is 104 Å². The predicted molar refractivity (Wildman–Crippen MR) is 64.2 cm³/mol. The van der Waals surface area contributed by atoms with Crippen LogP contribution in [0.3, 0.4) is 0 Å². The number of rotatable bonds is 4. The first-order chi connectivity index (χ1) is 8.08. The smallest absolute Gasteiger partial charge is 0.323 e. The lowest BCUT2D eigenvalue weighted by molar-refractivity contribution is -0.136. The summed E-state index contributed by atoms with van der Waals surface area (Å²) in [4.78, 5) is 24.0. The number of aliphatic carboxylic acids is 1. The summed E-state index contributed by atoms with van der Waals surface area (Å²) in [6, 6.07) is 6.61. The quantitative estimate of drug-likeness (QED) is 0.895. The Hall–Kier alpha value is -1.55. The fourth-order valence-corrected chi connectivity index (χ4v) is 1.73. The topological polar surface area (TPSA) is 57.6 Å². The maximum Gasteiger partial charge on any atom is 0.323 e. The molecule has 0 spiro atoms. The van der Waals surface area contributed by atoms with Gasteiger partial charge in [0.1, 0.15) is 6.54 Å². The SMILES string of the molecule is O=C(O)CN(C(=O)C1CC1)c1ccc(Cl)cc1. The van der Waals surface area contributed by atoms with Crippen LogP contribution in [-0.4, -0.2) is 23.5 Å². The van der Waals surface area contributed by atoms with E-state index in [1.807, 2.05) is 0 Å². The van der Waals surface area contributed by atoms with Gasteiger partial charge in [0.25, 0.3) is 0 Å². The van der Waals surface area contributed by atoms with Crippen LogP contribution in [0, 0.1) is 5.92 Å². The number of hydrogen-bond donors (Lipinski definition) is 1. The molecule has 1 saturated carbocycles. The van der Waals surface area contributed by atoms with Crippen molar-refractivity contribution in [3.05, 3.63) is 29.3 Å². The Kier molecular flexibility index (Phi) is 3.33. The highest BCUT2D eigenvalue weighted by Gasteiger charge is 2.34. The Morgan fingerprint density at radius 1 is 1.29 bits per heavy atom. The van der Waals surface area contributed by atoms with Gasteiger partial charge in [0.2, 0.25) is 5.91 Å². The second-order valence-electron chi connectivity index (χ2n) is 4.07.